The van der Waals surface area contributed by atoms with Crippen molar-refractivity contribution in [3.05, 3.63) is 46.2 Å². The summed E-state index contributed by atoms with van der Waals surface area (Å²) in [6.45, 7) is 1.76. The van der Waals surface area contributed by atoms with E-state index in [1.165, 1.54) is 20.3 Å². The molecule has 0 saturated carbocycles. The molecule has 0 bridgehead atoms. The van der Waals surface area contributed by atoms with Crippen LogP contribution in [0.1, 0.15) is 28.2 Å². The van der Waals surface area contributed by atoms with Gasteiger partial charge in [-0.1, -0.05) is 6.07 Å². The molecule has 1 N–H and O–H groups in total. The number of hydrogen-bond acceptors (Lipinski definition) is 6. The van der Waals surface area contributed by atoms with E-state index in [0.29, 0.717) is 17.1 Å². The van der Waals surface area contributed by atoms with Gasteiger partial charge >= 0.3 is 5.97 Å². The molecule has 128 valence electrons. The third kappa shape index (κ3) is 4.48. The van der Waals surface area contributed by atoms with E-state index in [1.54, 1.807) is 23.5 Å². The molecule has 0 aliphatic rings. The number of benzene rings is 1. The lowest BCUT2D eigenvalue weighted by molar-refractivity contribution is -0.123. The van der Waals surface area contributed by atoms with Crippen LogP contribution in [0.25, 0.3) is 0 Å². The van der Waals surface area contributed by atoms with Crippen LogP contribution >= 0.6 is 11.3 Å². The first-order chi connectivity index (χ1) is 11.5. The van der Waals surface area contributed by atoms with Crippen molar-refractivity contribution in [1.82, 2.24) is 5.32 Å². The van der Waals surface area contributed by atoms with E-state index in [9.17, 15) is 9.59 Å². The molecule has 1 atom stereocenters. The molecule has 0 fully saturated rings. The Bertz CT molecular complexity index is 699. The van der Waals surface area contributed by atoms with Crippen LogP contribution in [0.3, 0.4) is 0 Å². The number of carbonyl (C=O) groups is 2. The van der Waals surface area contributed by atoms with Gasteiger partial charge in [-0.3, -0.25) is 4.79 Å². The number of hydrogen-bond donors (Lipinski definition) is 1. The van der Waals surface area contributed by atoms with E-state index in [1.807, 2.05) is 24.4 Å². The maximum atomic E-state index is 12.0. The Balaban J connectivity index is 1.95. The molecule has 1 aromatic heterocycles. The molecule has 2 rings (SSSR count). The second kappa shape index (κ2) is 8.35. The highest BCUT2D eigenvalue weighted by atomic mass is 32.1. The van der Waals surface area contributed by atoms with Gasteiger partial charge in [0, 0.05) is 4.88 Å². The van der Waals surface area contributed by atoms with Crippen LogP contribution in [0.2, 0.25) is 0 Å². The van der Waals surface area contributed by atoms with Gasteiger partial charge in [-0.25, -0.2) is 4.79 Å². The Labute approximate surface area is 144 Å². The van der Waals surface area contributed by atoms with Gasteiger partial charge in [0.25, 0.3) is 5.91 Å². The molecule has 7 heteroatoms. The Kier molecular flexibility index (Phi) is 6.20. The fourth-order valence-electron chi connectivity index (χ4n) is 2.07. The average Bonchev–Trinajstić information content (AvgIpc) is 3.13. The second-order valence-electron chi connectivity index (χ2n) is 4.95. The summed E-state index contributed by atoms with van der Waals surface area (Å²) < 4.78 is 15.3. The molecule has 24 heavy (non-hydrogen) atoms. The van der Waals surface area contributed by atoms with Crippen LogP contribution in [-0.4, -0.2) is 32.7 Å². The van der Waals surface area contributed by atoms with Gasteiger partial charge in [-0.15, -0.1) is 11.3 Å². The largest absolute Gasteiger partial charge is 0.493 e. The van der Waals surface area contributed by atoms with Gasteiger partial charge in [0.2, 0.25) is 0 Å². The first-order valence-corrected chi connectivity index (χ1v) is 8.15. The smallest absolute Gasteiger partial charge is 0.337 e. The number of esters is 1. The van der Waals surface area contributed by atoms with Crippen LogP contribution in [0.15, 0.2) is 35.7 Å². The SMILES string of the molecule is COC(=O)c1ccc(OCC(=O)N[C@@H](C)c2cccs2)c(OC)c1. The fourth-order valence-corrected chi connectivity index (χ4v) is 2.80. The Morgan fingerprint density at radius 3 is 2.62 bits per heavy atom. The molecular formula is C17H19NO5S. The molecule has 1 heterocycles. The number of amides is 1. The molecule has 0 radical (unpaired) electrons. The molecule has 1 aromatic carbocycles. The van der Waals surface area contributed by atoms with E-state index >= 15 is 0 Å². The van der Waals surface area contributed by atoms with E-state index in [-0.39, 0.29) is 18.6 Å². The van der Waals surface area contributed by atoms with E-state index < -0.39 is 5.97 Å². The maximum Gasteiger partial charge on any atom is 0.337 e. The Hall–Kier alpha value is -2.54. The minimum atomic E-state index is -0.470. The molecule has 0 unspecified atom stereocenters. The Morgan fingerprint density at radius 1 is 1.21 bits per heavy atom. The lowest BCUT2D eigenvalue weighted by Crippen LogP contribution is -2.30. The zero-order valence-electron chi connectivity index (χ0n) is 13.7. The van der Waals surface area contributed by atoms with Crippen molar-refractivity contribution in [2.45, 2.75) is 13.0 Å². The molecule has 1 amide bonds. The number of ether oxygens (including phenoxy) is 3. The van der Waals surface area contributed by atoms with Gasteiger partial charge in [0.05, 0.1) is 25.8 Å². The molecule has 0 aliphatic carbocycles. The van der Waals surface area contributed by atoms with Crippen molar-refractivity contribution in [3.8, 4) is 11.5 Å². The van der Waals surface area contributed by atoms with Crippen LogP contribution in [-0.2, 0) is 9.53 Å². The van der Waals surface area contributed by atoms with Crippen LogP contribution in [0, 0.1) is 0 Å². The average molecular weight is 349 g/mol. The number of methoxy groups -OCH3 is 2. The van der Waals surface area contributed by atoms with Gasteiger partial charge in [-0.2, -0.15) is 0 Å². The van der Waals surface area contributed by atoms with Crippen molar-refractivity contribution in [1.29, 1.82) is 0 Å². The van der Waals surface area contributed by atoms with Crippen molar-refractivity contribution in [2.75, 3.05) is 20.8 Å². The third-order valence-electron chi connectivity index (χ3n) is 3.29. The van der Waals surface area contributed by atoms with Crippen molar-refractivity contribution < 1.29 is 23.8 Å². The van der Waals surface area contributed by atoms with Crippen molar-refractivity contribution in [2.24, 2.45) is 0 Å². The van der Waals surface area contributed by atoms with Crippen LogP contribution in [0.5, 0.6) is 11.5 Å². The van der Waals surface area contributed by atoms with Crippen molar-refractivity contribution in [3.63, 3.8) is 0 Å². The standard InChI is InChI=1S/C17H19NO5S/c1-11(15-5-4-8-24-15)18-16(19)10-23-13-7-6-12(17(20)22-3)9-14(13)21-2/h4-9,11H,10H2,1-3H3,(H,18,19)/t11-/m0/s1. The summed E-state index contributed by atoms with van der Waals surface area (Å²) in [6, 6.07) is 8.45. The van der Waals surface area contributed by atoms with Gasteiger partial charge in [-0.05, 0) is 36.6 Å². The van der Waals surface area contributed by atoms with Gasteiger partial charge in [0.15, 0.2) is 18.1 Å². The maximum absolute atomic E-state index is 12.0. The highest BCUT2D eigenvalue weighted by molar-refractivity contribution is 7.10. The molecule has 0 aliphatic heterocycles. The van der Waals surface area contributed by atoms with Crippen LogP contribution in [0.4, 0.5) is 0 Å². The molecule has 0 spiro atoms. The first-order valence-electron chi connectivity index (χ1n) is 7.27. The monoisotopic (exact) mass is 349 g/mol. The fraction of sp³-hybridized carbons (Fsp3) is 0.294. The molecule has 0 saturated heterocycles. The summed E-state index contributed by atoms with van der Waals surface area (Å²) in [5.74, 6) is 0.0263. The zero-order chi connectivity index (χ0) is 17.5. The quantitative estimate of drug-likeness (QED) is 0.778. The van der Waals surface area contributed by atoms with Crippen molar-refractivity contribution >= 4 is 23.2 Å². The molecule has 6 nitrogen and oxygen atoms in total. The minimum absolute atomic E-state index is 0.0790. The van der Waals surface area contributed by atoms with E-state index in [2.05, 4.69) is 10.1 Å². The number of nitrogens with one attached hydrogen (secondary N) is 1. The lowest BCUT2D eigenvalue weighted by Gasteiger charge is -2.14. The topological polar surface area (TPSA) is 73.9 Å². The van der Waals surface area contributed by atoms with Gasteiger partial charge < -0.3 is 19.5 Å². The molecular weight excluding hydrogens is 330 g/mol. The predicted molar refractivity (Wildman–Crippen MR) is 90.7 cm³/mol. The summed E-state index contributed by atoms with van der Waals surface area (Å²) >= 11 is 1.58. The van der Waals surface area contributed by atoms with E-state index in [4.69, 9.17) is 9.47 Å². The van der Waals surface area contributed by atoms with Gasteiger partial charge in [0.1, 0.15) is 0 Å². The number of rotatable bonds is 7. The summed E-state index contributed by atoms with van der Waals surface area (Å²) in [6.07, 6.45) is 0. The minimum Gasteiger partial charge on any atom is -0.493 e. The second-order valence-corrected chi connectivity index (χ2v) is 5.93. The third-order valence-corrected chi connectivity index (χ3v) is 4.35. The first kappa shape index (κ1) is 17.8. The highest BCUT2D eigenvalue weighted by Gasteiger charge is 2.14. The summed E-state index contributed by atoms with van der Waals surface area (Å²) in [5.41, 5.74) is 0.345. The molecule has 2 aromatic rings. The summed E-state index contributed by atoms with van der Waals surface area (Å²) in [7, 11) is 2.76. The number of thiophene rings is 1. The van der Waals surface area contributed by atoms with E-state index in [0.717, 1.165) is 4.88 Å². The summed E-state index contributed by atoms with van der Waals surface area (Å²) in [5, 5.41) is 4.82. The Morgan fingerprint density at radius 2 is 2.00 bits per heavy atom. The lowest BCUT2D eigenvalue weighted by atomic mass is 10.2. The van der Waals surface area contributed by atoms with Crippen LogP contribution < -0.4 is 14.8 Å². The predicted octanol–water partition coefficient (Wildman–Crippen LogP) is 2.80. The number of carbonyl (C=O) groups excluding carboxylic acids is 2. The normalized spacial score (nSPS) is 11.5. The summed E-state index contributed by atoms with van der Waals surface area (Å²) in [4.78, 5) is 24.6. The zero-order valence-corrected chi connectivity index (χ0v) is 14.5. The highest BCUT2D eigenvalue weighted by Crippen LogP contribution is 2.28.